The van der Waals surface area contributed by atoms with Gasteiger partial charge < -0.3 is 5.43 Å². The Bertz CT molecular complexity index is 621. The van der Waals surface area contributed by atoms with Crippen LogP contribution in [0.5, 0.6) is 0 Å². The first-order valence-electron chi connectivity index (χ1n) is 6.02. The molecular weight excluding hydrogens is 298 g/mol. The molecular formula is C12H15N3O3S2. The smallest absolute Gasteiger partial charge is 0.302 e. The zero-order chi connectivity index (χ0) is 14.6. The van der Waals surface area contributed by atoms with E-state index in [-0.39, 0.29) is 4.90 Å². The minimum atomic E-state index is -3.88. The van der Waals surface area contributed by atoms with Crippen LogP contribution in [-0.4, -0.2) is 31.8 Å². The van der Waals surface area contributed by atoms with Gasteiger partial charge in [-0.05, 0) is 24.0 Å². The van der Waals surface area contributed by atoms with Gasteiger partial charge >= 0.3 is 6.03 Å². The molecule has 0 radical (unpaired) electrons. The number of sulfonamides is 1. The Morgan fingerprint density at radius 1 is 1.45 bits per heavy atom. The minimum absolute atomic E-state index is 0.118. The molecule has 2 N–H and O–H groups in total. The molecule has 1 aromatic rings. The number of carbonyl (C=O) groups is 1. The minimum Gasteiger partial charge on any atom is -0.302 e. The third-order valence-electron chi connectivity index (χ3n) is 2.54. The van der Waals surface area contributed by atoms with Gasteiger partial charge in [-0.2, -0.15) is 0 Å². The maximum absolute atomic E-state index is 12.3. The van der Waals surface area contributed by atoms with Crippen LogP contribution in [0.4, 0.5) is 4.79 Å². The highest BCUT2D eigenvalue weighted by Crippen LogP contribution is 2.25. The van der Waals surface area contributed by atoms with Crippen molar-refractivity contribution < 1.29 is 13.2 Å². The van der Waals surface area contributed by atoms with Gasteiger partial charge in [0.1, 0.15) is 4.90 Å². The van der Waals surface area contributed by atoms with Gasteiger partial charge in [0.2, 0.25) is 0 Å². The van der Waals surface area contributed by atoms with Crippen LogP contribution in [0.2, 0.25) is 0 Å². The van der Waals surface area contributed by atoms with E-state index in [0.717, 1.165) is 5.75 Å². The SMILES string of the molecule is CCSc1ccccc1S(=O)(=O)NC(=O)N1CC=CN1. The fourth-order valence-corrected chi connectivity index (χ4v) is 3.91. The molecule has 1 aliphatic rings. The molecule has 1 heterocycles. The molecule has 0 bridgehead atoms. The van der Waals surface area contributed by atoms with E-state index in [1.54, 1.807) is 30.5 Å². The molecule has 0 saturated heterocycles. The normalized spacial score (nSPS) is 14.2. The third kappa shape index (κ3) is 3.26. The van der Waals surface area contributed by atoms with Crippen LogP contribution in [0.15, 0.2) is 46.3 Å². The Kier molecular flexibility index (Phi) is 4.56. The van der Waals surface area contributed by atoms with Crippen molar-refractivity contribution in [1.29, 1.82) is 0 Å². The molecule has 20 heavy (non-hydrogen) atoms. The van der Waals surface area contributed by atoms with Crippen molar-refractivity contribution >= 4 is 27.8 Å². The first kappa shape index (κ1) is 14.7. The number of carbonyl (C=O) groups excluding carboxylic acids is 1. The highest BCUT2D eigenvalue weighted by atomic mass is 32.2. The highest BCUT2D eigenvalue weighted by molar-refractivity contribution is 8.00. The number of rotatable bonds is 4. The van der Waals surface area contributed by atoms with Crippen molar-refractivity contribution in [2.75, 3.05) is 12.3 Å². The Balaban J connectivity index is 2.19. The maximum Gasteiger partial charge on any atom is 0.350 e. The first-order valence-corrected chi connectivity index (χ1v) is 8.49. The monoisotopic (exact) mass is 313 g/mol. The number of amides is 2. The molecule has 8 heteroatoms. The van der Waals surface area contributed by atoms with Gasteiger partial charge in [0, 0.05) is 11.1 Å². The Labute approximate surface area is 122 Å². The van der Waals surface area contributed by atoms with Crippen LogP contribution in [0.25, 0.3) is 0 Å². The van der Waals surface area contributed by atoms with Crippen LogP contribution in [0.3, 0.4) is 0 Å². The number of urea groups is 1. The van der Waals surface area contributed by atoms with E-state index in [1.165, 1.54) is 22.8 Å². The van der Waals surface area contributed by atoms with Gasteiger partial charge in [-0.1, -0.05) is 19.1 Å². The Morgan fingerprint density at radius 2 is 2.20 bits per heavy atom. The van der Waals surface area contributed by atoms with Crippen LogP contribution in [0.1, 0.15) is 6.92 Å². The summed E-state index contributed by atoms with van der Waals surface area (Å²) < 4.78 is 26.6. The van der Waals surface area contributed by atoms with Gasteiger partial charge in [0.15, 0.2) is 0 Å². The number of benzene rings is 1. The third-order valence-corrected chi connectivity index (χ3v) is 5.00. The molecule has 0 fully saturated rings. The lowest BCUT2D eigenvalue weighted by molar-refractivity contribution is 0.200. The van der Waals surface area contributed by atoms with Crippen LogP contribution >= 0.6 is 11.8 Å². The highest BCUT2D eigenvalue weighted by Gasteiger charge is 2.24. The average molecular weight is 313 g/mol. The standard InChI is InChI=1S/C12H15N3O3S2/c1-2-19-10-6-3-4-7-11(10)20(17,18)14-12(16)15-9-5-8-13-15/h3-8,13H,2,9H2,1H3,(H,14,16). The first-order chi connectivity index (χ1) is 9.54. The van der Waals surface area contributed by atoms with Crippen LogP contribution in [0, 0.1) is 0 Å². The fourth-order valence-electron chi connectivity index (χ4n) is 1.67. The lowest BCUT2D eigenvalue weighted by atomic mass is 10.4. The molecule has 0 aliphatic carbocycles. The van der Waals surface area contributed by atoms with Crippen molar-refractivity contribution in [3.05, 3.63) is 36.5 Å². The van der Waals surface area contributed by atoms with E-state index in [9.17, 15) is 13.2 Å². The summed E-state index contributed by atoms with van der Waals surface area (Å²) in [6.07, 6.45) is 3.29. The quantitative estimate of drug-likeness (QED) is 0.824. The molecule has 0 spiro atoms. The van der Waals surface area contributed by atoms with E-state index in [0.29, 0.717) is 11.4 Å². The van der Waals surface area contributed by atoms with Gasteiger partial charge in [-0.3, -0.25) is 0 Å². The zero-order valence-corrected chi connectivity index (χ0v) is 12.5. The second-order valence-electron chi connectivity index (χ2n) is 3.93. The van der Waals surface area contributed by atoms with Crippen molar-refractivity contribution in [1.82, 2.24) is 15.2 Å². The van der Waals surface area contributed by atoms with Crippen molar-refractivity contribution in [2.24, 2.45) is 0 Å². The summed E-state index contributed by atoms with van der Waals surface area (Å²) in [6.45, 7) is 2.26. The summed E-state index contributed by atoms with van der Waals surface area (Å²) in [5, 5.41) is 1.17. The second-order valence-corrected chi connectivity index (χ2v) is 6.89. The van der Waals surface area contributed by atoms with Crippen molar-refractivity contribution in [2.45, 2.75) is 16.7 Å². The zero-order valence-electron chi connectivity index (χ0n) is 10.9. The van der Waals surface area contributed by atoms with Gasteiger partial charge in [-0.25, -0.2) is 22.9 Å². The number of nitrogens with one attached hydrogen (secondary N) is 2. The molecule has 1 aliphatic heterocycles. The predicted molar refractivity (Wildman–Crippen MR) is 77.5 cm³/mol. The van der Waals surface area contributed by atoms with Crippen LogP contribution in [-0.2, 0) is 10.0 Å². The van der Waals surface area contributed by atoms with E-state index < -0.39 is 16.1 Å². The fraction of sp³-hybridized carbons (Fsp3) is 0.250. The van der Waals surface area contributed by atoms with Gasteiger partial charge in [0.25, 0.3) is 10.0 Å². The van der Waals surface area contributed by atoms with E-state index in [1.807, 2.05) is 6.92 Å². The molecule has 0 saturated carbocycles. The molecule has 0 atom stereocenters. The molecule has 0 aromatic heterocycles. The molecule has 2 amide bonds. The maximum atomic E-state index is 12.3. The number of hydrazine groups is 1. The summed E-state index contributed by atoms with van der Waals surface area (Å²) >= 11 is 1.42. The lowest BCUT2D eigenvalue weighted by Crippen LogP contribution is -2.46. The molecule has 6 nitrogen and oxygen atoms in total. The Hall–Kier alpha value is -1.67. The van der Waals surface area contributed by atoms with E-state index in [4.69, 9.17) is 0 Å². The summed E-state index contributed by atoms with van der Waals surface area (Å²) in [5.74, 6) is 0.748. The molecule has 0 unspecified atom stereocenters. The summed E-state index contributed by atoms with van der Waals surface area (Å²) in [5.41, 5.74) is 2.64. The second kappa shape index (κ2) is 6.19. The topological polar surface area (TPSA) is 78.5 Å². The van der Waals surface area contributed by atoms with Crippen molar-refractivity contribution in [3.63, 3.8) is 0 Å². The average Bonchev–Trinajstić information content (AvgIpc) is 2.93. The molecule has 1 aromatic carbocycles. The van der Waals surface area contributed by atoms with Gasteiger partial charge in [0.05, 0.1) is 6.54 Å². The van der Waals surface area contributed by atoms with Crippen molar-refractivity contribution in [3.8, 4) is 0 Å². The van der Waals surface area contributed by atoms with Gasteiger partial charge in [-0.15, -0.1) is 11.8 Å². The lowest BCUT2D eigenvalue weighted by Gasteiger charge is -2.17. The number of hydrogen-bond donors (Lipinski definition) is 2. The number of thioether (sulfide) groups is 1. The summed E-state index contributed by atoms with van der Waals surface area (Å²) in [6, 6.07) is 5.91. The number of hydrogen-bond acceptors (Lipinski definition) is 5. The van der Waals surface area contributed by atoms with E-state index >= 15 is 0 Å². The summed E-state index contributed by atoms with van der Waals surface area (Å²) in [7, 11) is -3.88. The Morgan fingerprint density at radius 3 is 2.85 bits per heavy atom. The van der Waals surface area contributed by atoms with Crippen LogP contribution < -0.4 is 10.1 Å². The number of nitrogens with zero attached hydrogens (tertiary/aromatic N) is 1. The van der Waals surface area contributed by atoms with E-state index in [2.05, 4.69) is 10.1 Å². The molecule has 2 rings (SSSR count). The predicted octanol–water partition coefficient (Wildman–Crippen LogP) is 1.53. The largest absolute Gasteiger partial charge is 0.350 e. The molecule has 108 valence electrons. The summed E-state index contributed by atoms with van der Waals surface area (Å²) in [4.78, 5) is 12.6.